The first-order chi connectivity index (χ1) is 11.4. The number of nitrogens with one attached hydrogen (secondary N) is 1. The van der Waals surface area contributed by atoms with Gasteiger partial charge in [0.05, 0.1) is 11.8 Å². The van der Waals surface area contributed by atoms with E-state index >= 15 is 0 Å². The third-order valence-corrected chi connectivity index (χ3v) is 5.55. The van der Waals surface area contributed by atoms with Crippen molar-refractivity contribution in [2.75, 3.05) is 18.5 Å². The summed E-state index contributed by atoms with van der Waals surface area (Å²) in [4.78, 5) is 41.5. The van der Waals surface area contributed by atoms with Gasteiger partial charge in [-0.1, -0.05) is 24.3 Å². The predicted molar refractivity (Wildman–Crippen MR) is 88.0 cm³/mol. The molecule has 2 saturated heterocycles. The normalized spacial score (nSPS) is 34.2. The maximum absolute atomic E-state index is 13.4. The minimum absolute atomic E-state index is 0.181. The quantitative estimate of drug-likeness (QED) is 0.640. The second-order valence-corrected chi connectivity index (χ2v) is 6.70. The van der Waals surface area contributed by atoms with Crippen LogP contribution in [0.5, 0.6) is 0 Å². The lowest BCUT2D eigenvalue weighted by Crippen LogP contribution is -2.54. The van der Waals surface area contributed by atoms with Crippen molar-refractivity contribution >= 4 is 23.4 Å². The summed E-state index contributed by atoms with van der Waals surface area (Å²) < 4.78 is 0. The highest BCUT2D eigenvalue weighted by Crippen LogP contribution is 2.54. The van der Waals surface area contributed by atoms with Crippen LogP contribution in [0.2, 0.25) is 0 Å². The molecular weight excluding hydrogens is 306 g/mol. The average molecular weight is 325 g/mol. The first kappa shape index (κ1) is 15.1. The molecule has 1 N–H and O–H groups in total. The Labute approximate surface area is 140 Å². The molecule has 2 fully saturated rings. The predicted octanol–water partition coefficient (Wildman–Crippen LogP) is 0.637. The van der Waals surface area contributed by atoms with E-state index in [0.29, 0.717) is 6.54 Å². The first-order valence-electron chi connectivity index (χ1n) is 8.06. The van der Waals surface area contributed by atoms with E-state index in [0.717, 1.165) is 11.3 Å². The SMILES string of the molecule is C=CCN1C(=O)[C@]2(N[C@H](C)[C@H]3C(=O)N(C)C(=O)[C@@H]32)c2ccccc21. The molecule has 1 aromatic rings. The Bertz CT molecular complexity index is 789. The molecular formula is C18H19N3O3. The van der Waals surface area contributed by atoms with E-state index in [-0.39, 0.29) is 23.8 Å². The van der Waals surface area contributed by atoms with Crippen molar-refractivity contribution in [2.24, 2.45) is 11.8 Å². The Morgan fingerprint density at radius 1 is 1.25 bits per heavy atom. The Balaban J connectivity index is 1.95. The van der Waals surface area contributed by atoms with Gasteiger partial charge in [0, 0.05) is 30.9 Å². The van der Waals surface area contributed by atoms with Crippen LogP contribution in [0.25, 0.3) is 0 Å². The van der Waals surface area contributed by atoms with Crippen molar-refractivity contribution in [3.8, 4) is 0 Å². The van der Waals surface area contributed by atoms with Crippen LogP contribution in [-0.4, -0.2) is 42.3 Å². The van der Waals surface area contributed by atoms with E-state index in [2.05, 4.69) is 11.9 Å². The van der Waals surface area contributed by atoms with E-state index in [1.807, 2.05) is 31.2 Å². The minimum atomic E-state index is -1.17. The van der Waals surface area contributed by atoms with Crippen LogP contribution < -0.4 is 10.2 Å². The van der Waals surface area contributed by atoms with Crippen LogP contribution in [0.15, 0.2) is 36.9 Å². The Kier molecular flexibility index (Phi) is 3.00. The molecule has 3 heterocycles. The average Bonchev–Trinajstić information content (AvgIpc) is 3.10. The lowest BCUT2D eigenvalue weighted by atomic mass is 9.76. The molecule has 24 heavy (non-hydrogen) atoms. The van der Waals surface area contributed by atoms with Gasteiger partial charge in [0.1, 0.15) is 5.54 Å². The number of anilines is 1. The summed E-state index contributed by atoms with van der Waals surface area (Å²) in [5.41, 5.74) is 0.381. The fraction of sp³-hybridized carbons (Fsp3) is 0.389. The standard InChI is InChI=1S/C18H19N3O3/c1-4-9-21-12-8-6-5-7-11(12)18(17(21)24)14-13(10(2)19-18)15(22)20(3)16(14)23/h4-8,10,13-14,19H,1,9H2,2-3H3/t10-,13-,14-,18+/m1/s1. The topological polar surface area (TPSA) is 69.7 Å². The number of nitrogens with zero attached hydrogens (tertiary/aromatic N) is 2. The Morgan fingerprint density at radius 2 is 1.96 bits per heavy atom. The van der Waals surface area contributed by atoms with Gasteiger partial charge in [0.2, 0.25) is 11.8 Å². The second-order valence-electron chi connectivity index (χ2n) is 6.70. The molecule has 1 aromatic carbocycles. The van der Waals surface area contributed by atoms with E-state index in [1.165, 1.54) is 11.9 Å². The molecule has 0 aliphatic carbocycles. The van der Waals surface area contributed by atoms with Gasteiger partial charge in [0.25, 0.3) is 5.91 Å². The molecule has 4 rings (SSSR count). The van der Waals surface area contributed by atoms with Crippen molar-refractivity contribution in [3.63, 3.8) is 0 Å². The molecule has 3 aliphatic heterocycles. The lowest BCUT2D eigenvalue weighted by molar-refractivity contribution is -0.141. The summed E-state index contributed by atoms with van der Waals surface area (Å²) in [5, 5.41) is 3.31. The van der Waals surface area contributed by atoms with Gasteiger partial charge in [-0.25, -0.2) is 0 Å². The van der Waals surface area contributed by atoms with E-state index in [9.17, 15) is 14.4 Å². The number of hydrogen-bond donors (Lipinski definition) is 1. The number of imide groups is 1. The van der Waals surface area contributed by atoms with Crippen LogP contribution in [0.3, 0.4) is 0 Å². The highest BCUT2D eigenvalue weighted by molar-refractivity contribution is 6.15. The molecule has 0 bridgehead atoms. The number of para-hydroxylation sites is 1. The number of fused-ring (bicyclic) bond motifs is 4. The van der Waals surface area contributed by atoms with Crippen LogP contribution in [0.1, 0.15) is 12.5 Å². The fourth-order valence-electron chi connectivity index (χ4n) is 4.56. The van der Waals surface area contributed by atoms with Crippen LogP contribution >= 0.6 is 0 Å². The molecule has 3 aliphatic rings. The summed E-state index contributed by atoms with van der Waals surface area (Å²) in [6, 6.07) is 7.21. The Morgan fingerprint density at radius 3 is 2.67 bits per heavy atom. The summed E-state index contributed by atoms with van der Waals surface area (Å²) in [6.45, 7) is 5.95. The smallest absolute Gasteiger partial charge is 0.253 e. The zero-order valence-corrected chi connectivity index (χ0v) is 13.7. The van der Waals surface area contributed by atoms with Gasteiger partial charge in [-0.15, -0.1) is 6.58 Å². The number of benzene rings is 1. The molecule has 4 atom stereocenters. The van der Waals surface area contributed by atoms with Gasteiger partial charge < -0.3 is 4.90 Å². The van der Waals surface area contributed by atoms with Gasteiger partial charge >= 0.3 is 0 Å². The largest absolute Gasteiger partial charge is 0.306 e. The van der Waals surface area contributed by atoms with Crippen LogP contribution in [-0.2, 0) is 19.9 Å². The summed E-state index contributed by atoms with van der Waals surface area (Å²) in [6.07, 6.45) is 1.66. The molecule has 1 spiro atoms. The third kappa shape index (κ3) is 1.52. The first-order valence-corrected chi connectivity index (χ1v) is 8.06. The number of rotatable bonds is 2. The van der Waals surface area contributed by atoms with Gasteiger partial charge in [-0.05, 0) is 13.0 Å². The van der Waals surface area contributed by atoms with Crippen molar-refractivity contribution in [1.29, 1.82) is 0 Å². The number of likely N-dealkylation sites (tertiary alicyclic amines) is 1. The maximum atomic E-state index is 13.4. The summed E-state index contributed by atoms with van der Waals surface area (Å²) >= 11 is 0. The molecule has 0 saturated carbocycles. The van der Waals surface area contributed by atoms with E-state index < -0.39 is 17.4 Å². The van der Waals surface area contributed by atoms with Crippen LogP contribution in [0, 0.1) is 11.8 Å². The van der Waals surface area contributed by atoms with Gasteiger partial charge in [0.15, 0.2) is 0 Å². The van der Waals surface area contributed by atoms with Crippen molar-refractivity contribution < 1.29 is 14.4 Å². The summed E-state index contributed by atoms with van der Waals surface area (Å²) in [5.74, 6) is -1.89. The molecule has 6 nitrogen and oxygen atoms in total. The highest BCUT2D eigenvalue weighted by Gasteiger charge is 2.70. The lowest BCUT2D eigenvalue weighted by Gasteiger charge is -2.29. The highest BCUT2D eigenvalue weighted by atomic mass is 16.2. The molecule has 0 aromatic heterocycles. The second kappa shape index (κ2) is 4.77. The zero-order valence-electron chi connectivity index (χ0n) is 13.7. The van der Waals surface area contributed by atoms with E-state index in [1.54, 1.807) is 11.0 Å². The Hall–Kier alpha value is -2.47. The number of carbonyl (C=O) groups excluding carboxylic acids is 3. The molecule has 0 unspecified atom stereocenters. The van der Waals surface area contributed by atoms with Crippen molar-refractivity contribution in [1.82, 2.24) is 10.2 Å². The summed E-state index contributed by atoms with van der Waals surface area (Å²) in [7, 11) is 1.50. The number of hydrogen-bond acceptors (Lipinski definition) is 4. The zero-order chi connectivity index (χ0) is 17.2. The minimum Gasteiger partial charge on any atom is -0.306 e. The molecule has 0 radical (unpaired) electrons. The van der Waals surface area contributed by atoms with Crippen molar-refractivity contribution in [2.45, 2.75) is 18.5 Å². The molecule has 3 amide bonds. The van der Waals surface area contributed by atoms with E-state index in [4.69, 9.17) is 0 Å². The van der Waals surface area contributed by atoms with Crippen LogP contribution in [0.4, 0.5) is 5.69 Å². The number of amides is 3. The van der Waals surface area contributed by atoms with Gasteiger partial charge in [-0.3, -0.25) is 24.6 Å². The van der Waals surface area contributed by atoms with Gasteiger partial charge in [-0.2, -0.15) is 0 Å². The molecule has 124 valence electrons. The monoisotopic (exact) mass is 325 g/mol. The fourth-order valence-corrected chi connectivity index (χ4v) is 4.56. The number of carbonyl (C=O) groups is 3. The third-order valence-electron chi connectivity index (χ3n) is 5.55. The molecule has 6 heteroatoms. The van der Waals surface area contributed by atoms with Crippen molar-refractivity contribution in [3.05, 3.63) is 42.5 Å². The maximum Gasteiger partial charge on any atom is 0.253 e.